The topological polar surface area (TPSA) is 106 Å². The van der Waals surface area contributed by atoms with Crippen molar-refractivity contribution in [1.29, 1.82) is 0 Å². The minimum absolute atomic E-state index is 0.127. The van der Waals surface area contributed by atoms with E-state index in [4.69, 9.17) is 15.2 Å². The molecule has 4 rings (SSSR count). The zero-order chi connectivity index (χ0) is 23.8. The van der Waals surface area contributed by atoms with Gasteiger partial charge in [0.15, 0.2) is 0 Å². The zero-order valence-electron chi connectivity index (χ0n) is 20.2. The number of ether oxygens (including phenoxy) is 2. The maximum Gasteiger partial charge on any atom is 0.242 e. The average Bonchev–Trinajstić information content (AvgIpc) is 3.32. The summed E-state index contributed by atoms with van der Waals surface area (Å²) in [5, 5.41) is 6.10. The monoisotopic (exact) mass is 472 g/mol. The number of nitrogens with one attached hydrogen (secondary N) is 2. The number of nitrogens with zero attached hydrogens (tertiary/aromatic N) is 1. The van der Waals surface area contributed by atoms with Crippen molar-refractivity contribution in [2.24, 2.45) is 17.6 Å². The lowest BCUT2D eigenvalue weighted by Crippen LogP contribution is -2.58. The highest BCUT2D eigenvalue weighted by molar-refractivity contribution is 5.92. The van der Waals surface area contributed by atoms with Crippen LogP contribution < -0.4 is 16.4 Å². The predicted octanol–water partition coefficient (Wildman–Crippen LogP) is 1.43. The molecule has 1 atom stereocenters. The van der Waals surface area contributed by atoms with Gasteiger partial charge in [-0.25, -0.2) is 0 Å². The molecule has 1 aromatic rings. The predicted molar refractivity (Wildman–Crippen MR) is 130 cm³/mol. The Morgan fingerprint density at radius 1 is 1.06 bits per heavy atom. The summed E-state index contributed by atoms with van der Waals surface area (Å²) in [6.07, 6.45) is 5.83. The van der Waals surface area contributed by atoms with E-state index in [1.165, 1.54) is 0 Å². The van der Waals surface area contributed by atoms with Crippen LogP contribution >= 0.6 is 0 Å². The maximum absolute atomic E-state index is 13.2. The first-order valence-corrected chi connectivity index (χ1v) is 12.8. The summed E-state index contributed by atoms with van der Waals surface area (Å²) in [7, 11) is 0. The van der Waals surface area contributed by atoms with E-state index in [1.807, 2.05) is 30.3 Å². The lowest BCUT2D eigenvalue weighted by atomic mass is 9.95. The molecule has 188 valence electrons. The van der Waals surface area contributed by atoms with Gasteiger partial charge in [-0.05, 0) is 50.3 Å². The van der Waals surface area contributed by atoms with Crippen molar-refractivity contribution >= 4 is 11.8 Å². The Bertz CT molecular complexity index is 785. The number of hydrogen-bond acceptors (Lipinski definition) is 6. The Morgan fingerprint density at radius 3 is 2.41 bits per heavy atom. The van der Waals surface area contributed by atoms with E-state index < -0.39 is 11.6 Å². The lowest BCUT2D eigenvalue weighted by molar-refractivity contribution is -0.132. The summed E-state index contributed by atoms with van der Waals surface area (Å²) in [5.74, 6) is 0.559. The highest BCUT2D eigenvalue weighted by Crippen LogP contribution is 2.27. The molecule has 8 heteroatoms. The van der Waals surface area contributed by atoms with Crippen LogP contribution in [0.15, 0.2) is 30.3 Å². The van der Waals surface area contributed by atoms with Gasteiger partial charge >= 0.3 is 0 Å². The number of carbonyl (C=O) groups is 2. The zero-order valence-corrected chi connectivity index (χ0v) is 20.2. The molecule has 0 bridgehead atoms. The molecule has 0 aromatic heterocycles. The molecule has 3 fully saturated rings. The molecule has 1 aliphatic carbocycles. The van der Waals surface area contributed by atoms with Gasteiger partial charge in [0.05, 0.1) is 18.8 Å². The van der Waals surface area contributed by atoms with Gasteiger partial charge in [-0.1, -0.05) is 43.2 Å². The molecule has 34 heavy (non-hydrogen) atoms. The van der Waals surface area contributed by atoms with Crippen LogP contribution in [0.5, 0.6) is 0 Å². The van der Waals surface area contributed by atoms with E-state index in [0.29, 0.717) is 44.4 Å². The molecule has 8 nitrogen and oxygen atoms in total. The van der Waals surface area contributed by atoms with E-state index in [2.05, 4.69) is 15.5 Å². The fourth-order valence-electron chi connectivity index (χ4n) is 5.34. The van der Waals surface area contributed by atoms with Crippen molar-refractivity contribution in [3.05, 3.63) is 35.9 Å². The van der Waals surface area contributed by atoms with Gasteiger partial charge in [0.2, 0.25) is 11.8 Å². The van der Waals surface area contributed by atoms with Crippen LogP contribution in [-0.4, -0.2) is 74.5 Å². The average molecular weight is 473 g/mol. The van der Waals surface area contributed by atoms with Gasteiger partial charge in [-0.3, -0.25) is 9.59 Å². The fraction of sp³-hybridized carbons (Fsp3) is 0.692. The smallest absolute Gasteiger partial charge is 0.242 e. The van der Waals surface area contributed by atoms with Crippen molar-refractivity contribution < 1.29 is 19.1 Å². The minimum Gasteiger partial charge on any atom is -0.355 e. The number of likely N-dealkylation sites (tertiary alicyclic amines) is 1. The first-order valence-electron chi connectivity index (χ1n) is 12.8. The molecule has 2 amide bonds. The Labute approximate surface area is 202 Å². The molecule has 2 aliphatic heterocycles. The molecule has 3 aliphatic rings. The van der Waals surface area contributed by atoms with Crippen LogP contribution in [0, 0.1) is 11.8 Å². The Balaban J connectivity index is 1.26. The van der Waals surface area contributed by atoms with Crippen LogP contribution in [0.1, 0.15) is 44.1 Å². The van der Waals surface area contributed by atoms with Crippen molar-refractivity contribution in [2.75, 3.05) is 46.2 Å². The molecule has 1 saturated carbocycles. The number of hydrogen-bond donors (Lipinski definition) is 3. The second-order valence-electron chi connectivity index (χ2n) is 10.3. The summed E-state index contributed by atoms with van der Waals surface area (Å²) < 4.78 is 10.8. The lowest BCUT2D eigenvalue weighted by Gasteiger charge is -2.35. The van der Waals surface area contributed by atoms with E-state index in [9.17, 15) is 9.59 Å². The van der Waals surface area contributed by atoms with Crippen molar-refractivity contribution in [3.63, 3.8) is 0 Å². The van der Waals surface area contributed by atoms with Crippen LogP contribution in [-0.2, 0) is 25.5 Å². The molecule has 2 heterocycles. The standard InChI is InChI=1S/C26H40N4O4/c27-26(10-4-5-11-26)25(32)29-23(14-20-6-2-1-3-7-20)24(31)28-15-21-8-12-30(13-9-21)16-22-17-33-19-34-18-22/h1-3,6-7,21-23H,4-5,8-19,27H2,(H,28,31)(H,29,32)/t23-/m1/s1. The second kappa shape index (κ2) is 12.1. The summed E-state index contributed by atoms with van der Waals surface area (Å²) in [6, 6.07) is 9.20. The molecule has 4 N–H and O–H groups in total. The normalized spacial score (nSPS) is 22.9. The van der Waals surface area contributed by atoms with Gasteiger partial charge in [0.1, 0.15) is 12.8 Å². The van der Waals surface area contributed by atoms with Gasteiger partial charge in [0, 0.05) is 25.4 Å². The minimum atomic E-state index is -0.851. The van der Waals surface area contributed by atoms with Crippen LogP contribution in [0.4, 0.5) is 0 Å². The highest BCUT2D eigenvalue weighted by atomic mass is 16.7. The van der Waals surface area contributed by atoms with Gasteiger partial charge in [-0.15, -0.1) is 0 Å². The van der Waals surface area contributed by atoms with Gasteiger partial charge in [0.25, 0.3) is 0 Å². The Morgan fingerprint density at radius 2 is 1.74 bits per heavy atom. The van der Waals surface area contributed by atoms with Crippen molar-refractivity contribution in [3.8, 4) is 0 Å². The second-order valence-corrected chi connectivity index (χ2v) is 10.3. The third-order valence-electron chi connectivity index (χ3n) is 7.51. The largest absolute Gasteiger partial charge is 0.355 e. The third kappa shape index (κ3) is 7.01. The SMILES string of the molecule is NC1(C(=O)N[C@H](Cc2ccccc2)C(=O)NCC2CCN(CC3COCOC3)CC2)CCCC1. The van der Waals surface area contributed by atoms with Crippen LogP contribution in [0.3, 0.4) is 0 Å². The van der Waals surface area contributed by atoms with E-state index in [0.717, 1.165) is 64.1 Å². The molecule has 0 spiro atoms. The van der Waals surface area contributed by atoms with Crippen LogP contribution in [0.2, 0.25) is 0 Å². The Kier molecular flexibility index (Phi) is 8.94. The van der Waals surface area contributed by atoms with E-state index in [-0.39, 0.29) is 11.8 Å². The van der Waals surface area contributed by atoms with E-state index >= 15 is 0 Å². The number of amides is 2. The molecule has 2 saturated heterocycles. The first kappa shape index (κ1) is 25.1. The highest BCUT2D eigenvalue weighted by Gasteiger charge is 2.39. The van der Waals surface area contributed by atoms with Gasteiger partial charge in [-0.2, -0.15) is 0 Å². The quantitative estimate of drug-likeness (QED) is 0.502. The summed E-state index contributed by atoms with van der Waals surface area (Å²) >= 11 is 0. The molecular weight excluding hydrogens is 432 g/mol. The number of rotatable bonds is 9. The summed E-state index contributed by atoms with van der Waals surface area (Å²) in [5.41, 5.74) is 6.52. The maximum atomic E-state index is 13.2. The van der Waals surface area contributed by atoms with Crippen LogP contribution in [0.25, 0.3) is 0 Å². The van der Waals surface area contributed by atoms with Gasteiger partial charge < -0.3 is 30.7 Å². The molecule has 0 unspecified atom stereocenters. The molecule has 1 aromatic carbocycles. The summed E-state index contributed by atoms with van der Waals surface area (Å²) in [6.45, 7) is 5.65. The number of piperidine rings is 1. The third-order valence-corrected chi connectivity index (χ3v) is 7.51. The number of nitrogens with two attached hydrogens (primary N) is 1. The van der Waals surface area contributed by atoms with E-state index in [1.54, 1.807) is 0 Å². The molecule has 0 radical (unpaired) electrons. The fourth-order valence-corrected chi connectivity index (χ4v) is 5.34. The molecular formula is C26H40N4O4. The number of carbonyl (C=O) groups excluding carboxylic acids is 2. The van der Waals surface area contributed by atoms with Crippen molar-refractivity contribution in [2.45, 2.75) is 56.5 Å². The Hall–Kier alpha value is -2.00. The number of benzene rings is 1. The van der Waals surface area contributed by atoms with Crippen molar-refractivity contribution in [1.82, 2.24) is 15.5 Å². The first-order chi connectivity index (χ1) is 16.5. The summed E-state index contributed by atoms with van der Waals surface area (Å²) in [4.78, 5) is 28.6.